The van der Waals surface area contributed by atoms with E-state index in [1.165, 1.54) is 13.8 Å². The molecule has 93 heavy (non-hydrogen) atoms. The van der Waals surface area contributed by atoms with Gasteiger partial charge in [0.15, 0.2) is 50.3 Å². The molecule has 0 saturated carbocycles. The van der Waals surface area contributed by atoms with Crippen molar-refractivity contribution in [2.75, 3.05) is 39.6 Å². The summed E-state index contributed by atoms with van der Waals surface area (Å²) >= 11 is 0. The van der Waals surface area contributed by atoms with Crippen LogP contribution >= 0.6 is 0 Å². The predicted molar refractivity (Wildman–Crippen MR) is 286 cm³/mol. The Kier molecular flexibility index (Phi) is 28.2. The third kappa shape index (κ3) is 17.3. The van der Waals surface area contributed by atoms with Crippen LogP contribution in [0.2, 0.25) is 0 Å². The summed E-state index contributed by atoms with van der Waals surface area (Å²) in [5.41, 5.74) is 0. The maximum Gasteiger partial charge on any atom is 0.217 e. The fraction of sp³-hybridized carbons (Fsp3) is 0.942. The Balaban J connectivity index is 1.25. The first-order valence-corrected chi connectivity index (χ1v) is 29.6. The number of ether oxygens (including phenoxy) is 14. The van der Waals surface area contributed by atoms with Gasteiger partial charge in [0.05, 0.1) is 51.8 Å². The van der Waals surface area contributed by atoms with Gasteiger partial charge in [-0.15, -0.1) is 0 Å². The molecular formula is C52H88N2O39. The highest BCUT2D eigenvalue weighted by molar-refractivity contribution is 5.73. The van der Waals surface area contributed by atoms with E-state index in [-0.39, 0.29) is 6.29 Å². The monoisotopic (exact) mass is 1360 g/mol. The van der Waals surface area contributed by atoms with Gasteiger partial charge >= 0.3 is 0 Å². The van der Waals surface area contributed by atoms with E-state index in [0.29, 0.717) is 0 Å². The Bertz CT molecular complexity index is 2330. The third-order valence-corrected chi connectivity index (χ3v) is 16.9. The summed E-state index contributed by atoms with van der Waals surface area (Å²) in [6.45, 7) is -2.26. The van der Waals surface area contributed by atoms with Gasteiger partial charge in [-0.2, -0.15) is 0 Å². The Morgan fingerprint density at radius 3 is 1.31 bits per heavy atom. The summed E-state index contributed by atoms with van der Waals surface area (Å²) in [5, 5.41) is 244. The summed E-state index contributed by atoms with van der Waals surface area (Å²) in [6, 6.07) is -3.85. The molecule has 7 aliphatic heterocycles. The van der Waals surface area contributed by atoms with Gasteiger partial charge in [0.1, 0.15) is 183 Å². The van der Waals surface area contributed by atoms with Crippen LogP contribution in [0, 0.1) is 0 Å². The van der Waals surface area contributed by atoms with Crippen molar-refractivity contribution in [1.82, 2.24) is 10.6 Å². The van der Waals surface area contributed by atoms with Gasteiger partial charge in [-0.3, -0.25) is 9.59 Å². The van der Waals surface area contributed by atoms with Gasteiger partial charge in [0.2, 0.25) is 11.8 Å². The lowest BCUT2D eigenvalue weighted by molar-refractivity contribution is -0.389. The van der Waals surface area contributed by atoms with Crippen molar-refractivity contribution in [3.05, 3.63) is 0 Å². The third-order valence-electron chi connectivity index (χ3n) is 16.9. The number of aliphatic hydroxyl groups is 22. The van der Waals surface area contributed by atoms with Crippen LogP contribution in [0.3, 0.4) is 0 Å². The largest absolute Gasteiger partial charge is 0.394 e. The maximum atomic E-state index is 13.2. The number of carbonyl (C=O) groups is 3. The maximum absolute atomic E-state index is 13.2. The number of aliphatic hydroxyl groups excluding tert-OH is 22. The number of rotatable bonds is 26. The predicted octanol–water partition coefficient (Wildman–Crippen LogP) is -16.3. The summed E-state index contributed by atoms with van der Waals surface area (Å²) < 4.78 is 82.7. The minimum Gasteiger partial charge on any atom is -0.394 e. The topological polar surface area (TPSA) is 650 Å². The van der Waals surface area contributed by atoms with Crippen LogP contribution in [0.5, 0.6) is 0 Å². The van der Waals surface area contributed by atoms with Gasteiger partial charge < -0.3 is 194 Å². The summed E-state index contributed by atoms with van der Waals surface area (Å²) in [4.78, 5) is 38.0. The van der Waals surface area contributed by atoms with Gasteiger partial charge in [-0.1, -0.05) is 0 Å². The Morgan fingerprint density at radius 1 is 0.409 bits per heavy atom. The van der Waals surface area contributed by atoms with Crippen LogP contribution in [0.1, 0.15) is 27.7 Å². The van der Waals surface area contributed by atoms with Crippen LogP contribution in [0.25, 0.3) is 0 Å². The highest BCUT2D eigenvalue weighted by Crippen LogP contribution is 2.38. The molecule has 39 atom stereocenters. The molecule has 7 aliphatic rings. The smallest absolute Gasteiger partial charge is 0.217 e. The number of aldehydes is 1. The number of nitrogens with one attached hydrogen (secondary N) is 2. The number of hydrogen-bond donors (Lipinski definition) is 24. The average Bonchev–Trinajstić information content (AvgIpc) is 0.794. The first kappa shape index (κ1) is 77.5. The molecule has 0 radical (unpaired) electrons. The van der Waals surface area contributed by atoms with E-state index in [0.717, 1.165) is 13.8 Å². The van der Waals surface area contributed by atoms with Crippen LogP contribution in [-0.2, 0) is 80.7 Å². The Hall–Kier alpha value is -2.83. The molecule has 0 aromatic rings. The normalized spacial score (nSPS) is 48.0. The number of hydrogen-bond acceptors (Lipinski definition) is 39. The van der Waals surface area contributed by atoms with Gasteiger partial charge in [0, 0.05) is 13.8 Å². The number of amides is 2. The molecule has 0 spiro atoms. The molecule has 41 nitrogen and oxygen atoms in total. The van der Waals surface area contributed by atoms with Crippen molar-refractivity contribution in [3.63, 3.8) is 0 Å². The van der Waals surface area contributed by atoms with Crippen molar-refractivity contribution in [2.45, 2.75) is 267 Å². The molecule has 7 fully saturated rings. The van der Waals surface area contributed by atoms with Crippen LogP contribution < -0.4 is 10.6 Å². The molecule has 0 aromatic carbocycles. The summed E-state index contributed by atoms with van der Waals surface area (Å²) in [5.74, 6) is -1.91. The van der Waals surface area contributed by atoms with E-state index in [1.807, 2.05) is 0 Å². The molecule has 0 aromatic heterocycles. The fourth-order valence-electron chi connectivity index (χ4n) is 11.6. The molecule has 0 aliphatic carbocycles. The zero-order valence-electron chi connectivity index (χ0n) is 50.1. The van der Waals surface area contributed by atoms with Gasteiger partial charge in [-0.25, -0.2) is 0 Å². The highest BCUT2D eigenvalue weighted by atomic mass is 16.8. The SMILES string of the molecule is CC(=O)N[C@H]1[C@H](OC[C@H]2O[C@@H](O[C@@H]([C@H](O)[C@@H](O)C=O)[C@H](O)CO)[C@H](O)[C@@H](O[C@@H]3O[C@H](CO)[C@@H](O)[C@H](O[C@@H]4O[C@H](CO)[C@H](O)[C@H](O)[C@H]4O[C@@H]4O[C@@H](C)[C@@H](O)[C@@H](O)[C@@H]4O)[C@H]3NC(C)=O)[C@H]2O)O[C@H](CO)[C@@H](O[C@@H]2O[C@H](CO)[C@H](O)[C@H](O)[C@H]2O)[C@@H]1O[C@@H]1O[C@@H](C)[C@@H](O)[C@@H](O)[C@@H]1O. The zero-order chi connectivity index (χ0) is 68.9. The minimum absolute atomic E-state index is 0.204. The quantitative estimate of drug-likeness (QED) is 0.0358. The highest BCUT2D eigenvalue weighted by Gasteiger charge is 2.59. The van der Waals surface area contributed by atoms with Crippen molar-refractivity contribution in [1.29, 1.82) is 0 Å². The van der Waals surface area contributed by atoms with Gasteiger partial charge in [0.25, 0.3) is 0 Å². The molecular weight excluding hydrogens is 1280 g/mol. The average molecular weight is 1370 g/mol. The summed E-state index contributed by atoms with van der Waals surface area (Å²) in [6.07, 6.45) is -75.2. The Morgan fingerprint density at radius 2 is 0.806 bits per heavy atom. The Labute approximate surface area is 527 Å². The standard InChI is InChI=1S/C52H88N2O39/c1-12-25(65)32(72)36(76)48(81-12)91-43-24(54-15(4)62)46(86-21(10-60)41(43)89-50-38(78)34(74)28(68)18(7-57)84-50)80-11-22-31(71)44(39(79)51(87-22)88-40(17(64)6-56)27(67)16(63)5-55)92-47-23(53-14(3)61)42(30(70)20(9-59)83-47)90-52-45(35(75)29(69)19(8-58)85-52)93-49-37(77)33(73)26(66)13(2)82-49/h5,12-13,16-52,56-60,63-79H,6-11H2,1-4H3,(H,53,61)(H,54,62)/t12-,13-,16-,17+,18+,19+,20+,21+,22+,23+,24+,25+,26+,27+,28-,29-,30+,31-,32+,33+,34-,35-,36-,37-,38+,39+,40+,41+,42+,43+,44-,45+,46+,47-,48-,49-,50-,51-,52-/m0/s1. The molecule has 7 heterocycles. The molecule has 7 rings (SSSR count). The van der Waals surface area contributed by atoms with E-state index in [1.54, 1.807) is 0 Å². The molecule has 0 unspecified atom stereocenters. The molecule has 24 N–H and O–H groups in total. The lowest BCUT2D eigenvalue weighted by Crippen LogP contribution is -2.71. The van der Waals surface area contributed by atoms with E-state index in [2.05, 4.69) is 10.6 Å². The molecule has 41 heteroatoms. The first-order valence-electron chi connectivity index (χ1n) is 29.6. The van der Waals surface area contributed by atoms with Gasteiger partial charge in [-0.05, 0) is 13.8 Å². The van der Waals surface area contributed by atoms with Crippen LogP contribution in [0.15, 0.2) is 0 Å². The molecule has 7 saturated heterocycles. The first-order chi connectivity index (χ1) is 43.9. The second-order valence-electron chi connectivity index (χ2n) is 23.5. The van der Waals surface area contributed by atoms with Crippen molar-refractivity contribution in [2.24, 2.45) is 0 Å². The molecule has 540 valence electrons. The van der Waals surface area contributed by atoms with E-state index in [4.69, 9.17) is 66.3 Å². The lowest BCUT2D eigenvalue weighted by atomic mass is 9.94. The van der Waals surface area contributed by atoms with E-state index in [9.17, 15) is 127 Å². The van der Waals surface area contributed by atoms with Crippen molar-refractivity contribution < 1.29 is 193 Å². The van der Waals surface area contributed by atoms with Crippen molar-refractivity contribution >= 4 is 18.1 Å². The van der Waals surface area contributed by atoms with Crippen molar-refractivity contribution in [3.8, 4) is 0 Å². The van der Waals surface area contributed by atoms with E-state index >= 15 is 0 Å². The second-order valence-corrected chi connectivity index (χ2v) is 23.5. The summed E-state index contributed by atoms with van der Waals surface area (Å²) in [7, 11) is 0. The minimum atomic E-state index is -2.50. The molecule has 2 amide bonds. The lowest BCUT2D eigenvalue weighted by Gasteiger charge is -2.51. The van der Waals surface area contributed by atoms with Crippen LogP contribution in [0.4, 0.5) is 0 Å². The molecule has 0 bridgehead atoms. The van der Waals surface area contributed by atoms with E-state index < -0.39 is 291 Å². The fourth-order valence-corrected chi connectivity index (χ4v) is 11.6. The second kappa shape index (κ2) is 33.8. The zero-order valence-corrected chi connectivity index (χ0v) is 50.1. The number of carbonyl (C=O) groups excluding carboxylic acids is 3. The van der Waals surface area contributed by atoms with Crippen LogP contribution in [-0.4, -0.2) is 409 Å².